The number of urea groups is 1. The Kier molecular flexibility index (Phi) is 6.45. The Labute approximate surface area is 100 Å². The molecular weight excluding hydrogens is 224 g/mol. The van der Waals surface area contributed by atoms with Gasteiger partial charge in [0.2, 0.25) is 0 Å². The van der Waals surface area contributed by atoms with E-state index in [9.17, 15) is 9.00 Å². The van der Waals surface area contributed by atoms with Crippen LogP contribution in [0.5, 0.6) is 0 Å². The average Bonchev–Trinajstić information content (AvgIpc) is 2.57. The highest BCUT2D eigenvalue weighted by atomic mass is 32.2. The molecule has 0 radical (unpaired) electrons. The van der Waals surface area contributed by atoms with Gasteiger partial charge in [0.05, 0.1) is 0 Å². The second kappa shape index (κ2) is 7.65. The number of amides is 2. The van der Waals surface area contributed by atoms with Crippen molar-refractivity contribution in [3.63, 3.8) is 0 Å². The van der Waals surface area contributed by atoms with Crippen LogP contribution >= 0.6 is 0 Å². The maximum absolute atomic E-state index is 11.7. The third kappa shape index (κ3) is 4.96. The lowest BCUT2D eigenvalue weighted by Gasteiger charge is -2.20. The highest BCUT2D eigenvalue weighted by Gasteiger charge is 2.14. The summed E-state index contributed by atoms with van der Waals surface area (Å²) in [5.74, 6) is 1.23. The fourth-order valence-electron chi connectivity index (χ4n) is 1.80. The number of hydrogen-bond donors (Lipinski definition) is 1. The summed E-state index contributed by atoms with van der Waals surface area (Å²) in [4.78, 5) is 13.6. The molecule has 1 aliphatic rings. The first kappa shape index (κ1) is 13.5. The minimum absolute atomic E-state index is 0.00926. The van der Waals surface area contributed by atoms with Gasteiger partial charge in [0, 0.05) is 41.9 Å². The van der Waals surface area contributed by atoms with Crippen LogP contribution in [0.25, 0.3) is 0 Å². The minimum Gasteiger partial charge on any atom is -0.337 e. The van der Waals surface area contributed by atoms with Gasteiger partial charge in [0.25, 0.3) is 0 Å². The Morgan fingerprint density at radius 2 is 1.88 bits per heavy atom. The summed E-state index contributed by atoms with van der Waals surface area (Å²) in [5, 5.41) is 2.84. The molecule has 1 fully saturated rings. The number of hydrogen-bond acceptors (Lipinski definition) is 2. The second-order valence-corrected chi connectivity index (χ2v) is 5.93. The van der Waals surface area contributed by atoms with Crippen LogP contribution < -0.4 is 5.32 Å². The van der Waals surface area contributed by atoms with Crippen molar-refractivity contribution in [2.75, 3.05) is 31.1 Å². The number of carbonyl (C=O) groups excluding carboxylic acids is 1. The van der Waals surface area contributed by atoms with Gasteiger partial charge in [-0.3, -0.25) is 4.21 Å². The van der Waals surface area contributed by atoms with Crippen molar-refractivity contribution in [3.05, 3.63) is 0 Å². The molecule has 2 amide bonds. The second-order valence-electron chi connectivity index (χ2n) is 4.07. The van der Waals surface area contributed by atoms with Crippen LogP contribution in [0.1, 0.15) is 32.6 Å². The third-order valence-electron chi connectivity index (χ3n) is 2.82. The quantitative estimate of drug-likeness (QED) is 0.814. The Bertz CT molecular complexity index is 238. The molecule has 0 aliphatic carbocycles. The predicted octanol–water partition coefficient (Wildman–Crippen LogP) is 1.34. The van der Waals surface area contributed by atoms with E-state index in [4.69, 9.17) is 0 Å². The van der Waals surface area contributed by atoms with Gasteiger partial charge < -0.3 is 10.2 Å². The van der Waals surface area contributed by atoms with Gasteiger partial charge in [-0.1, -0.05) is 19.8 Å². The molecule has 0 aromatic carbocycles. The monoisotopic (exact) mass is 246 g/mol. The van der Waals surface area contributed by atoms with Crippen molar-refractivity contribution in [1.29, 1.82) is 0 Å². The van der Waals surface area contributed by atoms with Gasteiger partial charge >= 0.3 is 6.03 Å². The molecule has 0 saturated carbocycles. The van der Waals surface area contributed by atoms with Gasteiger partial charge in [-0.15, -0.1) is 0 Å². The predicted molar refractivity (Wildman–Crippen MR) is 67.0 cm³/mol. The maximum atomic E-state index is 11.7. The van der Waals surface area contributed by atoms with Crippen LogP contribution in [0.3, 0.4) is 0 Å². The molecular formula is C11H22N2O2S. The van der Waals surface area contributed by atoms with E-state index in [1.165, 1.54) is 12.8 Å². The molecule has 1 saturated heterocycles. The first-order valence-corrected chi connectivity index (χ1v) is 7.60. The van der Waals surface area contributed by atoms with E-state index in [-0.39, 0.29) is 6.03 Å². The third-order valence-corrected chi connectivity index (χ3v) is 4.12. The number of nitrogens with one attached hydrogen (secondary N) is 1. The smallest absolute Gasteiger partial charge is 0.317 e. The molecule has 1 aliphatic heterocycles. The van der Waals surface area contributed by atoms with Gasteiger partial charge in [-0.05, 0) is 12.8 Å². The zero-order chi connectivity index (χ0) is 11.8. The van der Waals surface area contributed by atoms with Crippen LogP contribution in [0, 0.1) is 0 Å². The Morgan fingerprint density at radius 1 is 1.25 bits per heavy atom. The molecule has 1 N–H and O–H groups in total. The van der Waals surface area contributed by atoms with E-state index in [0.29, 0.717) is 18.1 Å². The highest BCUT2D eigenvalue weighted by molar-refractivity contribution is 7.84. The lowest BCUT2D eigenvalue weighted by Crippen LogP contribution is -2.41. The summed E-state index contributed by atoms with van der Waals surface area (Å²) in [7, 11) is -0.785. The summed E-state index contributed by atoms with van der Waals surface area (Å²) in [6, 6.07) is 0.00926. The molecule has 1 atom stereocenters. The van der Waals surface area contributed by atoms with Crippen LogP contribution in [-0.2, 0) is 10.8 Å². The van der Waals surface area contributed by atoms with Crippen LogP contribution in [-0.4, -0.2) is 46.3 Å². The van der Waals surface area contributed by atoms with Crippen molar-refractivity contribution >= 4 is 16.8 Å². The lowest BCUT2D eigenvalue weighted by molar-refractivity contribution is 0.200. The zero-order valence-corrected chi connectivity index (χ0v) is 10.9. The molecule has 0 aromatic heterocycles. The van der Waals surface area contributed by atoms with Crippen LogP contribution in [0.15, 0.2) is 0 Å². The largest absolute Gasteiger partial charge is 0.337 e. The molecule has 0 bridgehead atoms. The highest BCUT2D eigenvalue weighted by Crippen LogP contribution is 2.09. The Morgan fingerprint density at radius 3 is 2.44 bits per heavy atom. The van der Waals surface area contributed by atoms with Crippen LogP contribution in [0.4, 0.5) is 4.79 Å². The molecule has 1 heterocycles. The molecule has 1 unspecified atom stereocenters. The molecule has 4 nitrogen and oxygen atoms in total. The fraction of sp³-hybridized carbons (Fsp3) is 0.909. The van der Waals surface area contributed by atoms with Crippen molar-refractivity contribution < 1.29 is 9.00 Å². The summed E-state index contributed by atoms with van der Waals surface area (Å²) in [6.45, 7) is 4.15. The van der Waals surface area contributed by atoms with Gasteiger partial charge in [0.1, 0.15) is 0 Å². The Balaban J connectivity index is 2.20. The molecule has 94 valence electrons. The zero-order valence-electron chi connectivity index (χ0n) is 10.0. The molecule has 0 aromatic rings. The summed E-state index contributed by atoms with van der Waals surface area (Å²) in [6.07, 6.45) is 4.66. The average molecular weight is 246 g/mol. The van der Waals surface area contributed by atoms with E-state index in [1.807, 2.05) is 11.8 Å². The Hall–Kier alpha value is -0.580. The van der Waals surface area contributed by atoms with Crippen LogP contribution in [0.2, 0.25) is 0 Å². The summed E-state index contributed by atoms with van der Waals surface area (Å²) >= 11 is 0. The number of rotatable bonds is 4. The first-order chi connectivity index (χ1) is 7.74. The van der Waals surface area contributed by atoms with E-state index >= 15 is 0 Å². The number of carbonyl (C=O) groups is 1. The van der Waals surface area contributed by atoms with E-state index in [0.717, 1.165) is 25.9 Å². The maximum Gasteiger partial charge on any atom is 0.317 e. The number of likely N-dealkylation sites (tertiary alicyclic amines) is 1. The lowest BCUT2D eigenvalue weighted by atomic mass is 10.2. The number of nitrogens with zero attached hydrogens (tertiary/aromatic N) is 1. The van der Waals surface area contributed by atoms with Crippen molar-refractivity contribution in [2.24, 2.45) is 0 Å². The van der Waals surface area contributed by atoms with E-state index in [1.54, 1.807) is 0 Å². The van der Waals surface area contributed by atoms with Gasteiger partial charge in [-0.2, -0.15) is 0 Å². The first-order valence-electron chi connectivity index (χ1n) is 6.11. The van der Waals surface area contributed by atoms with E-state index < -0.39 is 10.8 Å². The normalized spacial score (nSPS) is 18.9. The van der Waals surface area contributed by atoms with Gasteiger partial charge in [-0.25, -0.2) is 4.79 Å². The SMILES string of the molecule is CCS(=O)CCNC(=O)N1CCCCCC1. The molecule has 5 heteroatoms. The van der Waals surface area contributed by atoms with Crippen molar-refractivity contribution in [3.8, 4) is 0 Å². The van der Waals surface area contributed by atoms with E-state index in [2.05, 4.69) is 5.32 Å². The summed E-state index contributed by atoms with van der Waals surface area (Å²) < 4.78 is 11.2. The van der Waals surface area contributed by atoms with Crippen molar-refractivity contribution in [1.82, 2.24) is 10.2 Å². The van der Waals surface area contributed by atoms with Gasteiger partial charge in [0.15, 0.2) is 0 Å². The molecule has 16 heavy (non-hydrogen) atoms. The van der Waals surface area contributed by atoms with Crippen molar-refractivity contribution in [2.45, 2.75) is 32.6 Å². The minimum atomic E-state index is -0.785. The molecule has 1 rings (SSSR count). The summed E-state index contributed by atoms with van der Waals surface area (Å²) in [5.41, 5.74) is 0. The molecule has 0 spiro atoms. The standard InChI is InChI=1S/C11H22N2O2S/c1-2-16(15)10-7-12-11(14)13-8-5-3-4-6-9-13/h2-10H2,1H3,(H,12,14). The topological polar surface area (TPSA) is 49.4 Å². The fourth-order valence-corrected chi connectivity index (χ4v) is 2.42.